The number of para-hydroxylation sites is 1. The molecule has 20 heavy (non-hydrogen) atoms. The Labute approximate surface area is 123 Å². The molecule has 2 unspecified atom stereocenters. The SMILES string of the molecule is CCCNC(CC(C)COC)c1ccccc1OCC. The van der Waals surface area contributed by atoms with Crippen molar-refractivity contribution in [2.75, 3.05) is 26.9 Å². The van der Waals surface area contributed by atoms with Crippen LogP contribution in [0.1, 0.15) is 45.2 Å². The molecule has 1 aromatic rings. The van der Waals surface area contributed by atoms with Crippen molar-refractivity contribution in [1.29, 1.82) is 0 Å². The largest absolute Gasteiger partial charge is 0.494 e. The van der Waals surface area contributed by atoms with E-state index in [1.54, 1.807) is 7.11 Å². The molecule has 0 aromatic heterocycles. The molecule has 1 aromatic carbocycles. The van der Waals surface area contributed by atoms with E-state index in [1.807, 2.05) is 13.0 Å². The van der Waals surface area contributed by atoms with Crippen molar-refractivity contribution < 1.29 is 9.47 Å². The van der Waals surface area contributed by atoms with Gasteiger partial charge >= 0.3 is 0 Å². The van der Waals surface area contributed by atoms with Crippen LogP contribution in [0.4, 0.5) is 0 Å². The minimum absolute atomic E-state index is 0.322. The van der Waals surface area contributed by atoms with Crippen LogP contribution in [0.3, 0.4) is 0 Å². The van der Waals surface area contributed by atoms with E-state index < -0.39 is 0 Å². The van der Waals surface area contributed by atoms with E-state index in [-0.39, 0.29) is 0 Å². The maximum Gasteiger partial charge on any atom is 0.124 e. The predicted molar refractivity (Wildman–Crippen MR) is 84.3 cm³/mol. The smallest absolute Gasteiger partial charge is 0.124 e. The standard InChI is InChI=1S/C17H29NO2/c1-5-11-18-16(12-14(3)13-19-4)15-9-7-8-10-17(15)20-6-2/h7-10,14,16,18H,5-6,11-13H2,1-4H3. The van der Waals surface area contributed by atoms with Gasteiger partial charge in [0.05, 0.1) is 6.61 Å². The maximum absolute atomic E-state index is 5.77. The quantitative estimate of drug-likeness (QED) is 0.706. The van der Waals surface area contributed by atoms with Crippen molar-refractivity contribution in [1.82, 2.24) is 5.32 Å². The minimum atomic E-state index is 0.322. The molecule has 0 heterocycles. The Morgan fingerprint density at radius 3 is 2.60 bits per heavy atom. The second-order valence-corrected chi connectivity index (χ2v) is 5.27. The second kappa shape index (κ2) is 9.78. The van der Waals surface area contributed by atoms with Gasteiger partial charge in [-0.2, -0.15) is 0 Å². The lowest BCUT2D eigenvalue weighted by molar-refractivity contribution is 0.149. The summed E-state index contributed by atoms with van der Waals surface area (Å²) in [5.41, 5.74) is 1.26. The number of benzene rings is 1. The molecule has 3 nitrogen and oxygen atoms in total. The lowest BCUT2D eigenvalue weighted by Crippen LogP contribution is -2.25. The van der Waals surface area contributed by atoms with Gasteiger partial charge in [-0.3, -0.25) is 0 Å². The molecule has 2 atom stereocenters. The monoisotopic (exact) mass is 279 g/mol. The van der Waals surface area contributed by atoms with Crippen LogP contribution in [0.5, 0.6) is 5.75 Å². The molecule has 1 N–H and O–H groups in total. The van der Waals surface area contributed by atoms with Gasteiger partial charge in [-0.05, 0) is 38.3 Å². The minimum Gasteiger partial charge on any atom is -0.494 e. The molecule has 0 radical (unpaired) electrons. The third-order valence-corrected chi connectivity index (χ3v) is 3.32. The van der Waals surface area contributed by atoms with Crippen LogP contribution in [-0.2, 0) is 4.74 Å². The molecule has 0 saturated carbocycles. The predicted octanol–water partition coefficient (Wildman–Crippen LogP) is 3.80. The van der Waals surface area contributed by atoms with Gasteiger partial charge < -0.3 is 14.8 Å². The zero-order valence-corrected chi connectivity index (χ0v) is 13.3. The van der Waals surface area contributed by atoms with E-state index >= 15 is 0 Å². The van der Waals surface area contributed by atoms with Gasteiger partial charge in [-0.25, -0.2) is 0 Å². The summed E-state index contributed by atoms with van der Waals surface area (Å²) in [6.07, 6.45) is 2.18. The number of rotatable bonds is 10. The fourth-order valence-corrected chi connectivity index (χ4v) is 2.45. The summed E-state index contributed by atoms with van der Waals surface area (Å²) in [7, 11) is 1.76. The Morgan fingerprint density at radius 1 is 1.20 bits per heavy atom. The highest BCUT2D eigenvalue weighted by molar-refractivity contribution is 5.36. The normalized spacial score (nSPS) is 14.0. The summed E-state index contributed by atoms with van der Waals surface area (Å²) in [5.74, 6) is 1.51. The third-order valence-electron chi connectivity index (χ3n) is 3.32. The highest BCUT2D eigenvalue weighted by Gasteiger charge is 2.18. The maximum atomic E-state index is 5.77. The van der Waals surface area contributed by atoms with Crippen LogP contribution >= 0.6 is 0 Å². The van der Waals surface area contributed by atoms with Gasteiger partial charge in [0.15, 0.2) is 0 Å². The van der Waals surface area contributed by atoms with Crippen LogP contribution in [0.2, 0.25) is 0 Å². The van der Waals surface area contributed by atoms with Crippen molar-refractivity contribution in [2.24, 2.45) is 5.92 Å². The molecule has 0 amide bonds. The number of ether oxygens (including phenoxy) is 2. The molecule has 0 saturated heterocycles. The first-order valence-corrected chi connectivity index (χ1v) is 7.66. The van der Waals surface area contributed by atoms with Crippen molar-refractivity contribution in [2.45, 2.75) is 39.7 Å². The summed E-state index contributed by atoms with van der Waals surface area (Å²) >= 11 is 0. The third kappa shape index (κ3) is 5.51. The number of nitrogens with one attached hydrogen (secondary N) is 1. The van der Waals surface area contributed by atoms with Gasteiger partial charge in [0.25, 0.3) is 0 Å². The average Bonchev–Trinajstić information content (AvgIpc) is 2.45. The van der Waals surface area contributed by atoms with E-state index in [0.29, 0.717) is 18.6 Å². The average molecular weight is 279 g/mol. The van der Waals surface area contributed by atoms with Crippen molar-refractivity contribution in [3.05, 3.63) is 29.8 Å². The van der Waals surface area contributed by atoms with Crippen LogP contribution in [0.25, 0.3) is 0 Å². The molecule has 0 spiro atoms. The van der Waals surface area contributed by atoms with Crippen LogP contribution < -0.4 is 10.1 Å². The Hall–Kier alpha value is -1.06. The van der Waals surface area contributed by atoms with Gasteiger partial charge in [-0.15, -0.1) is 0 Å². The molecule has 1 rings (SSSR count). The number of hydrogen-bond acceptors (Lipinski definition) is 3. The van der Waals surface area contributed by atoms with Crippen LogP contribution in [0, 0.1) is 5.92 Å². The first-order chi connectivity index (χ1) is 9.72. The Bertz CT molecular complexity index is 368. The van der Waals surface area contributed by atoms with Crippen LogP contribution in [0.15, 0.2) is 24.3 Å². The Kier molecular flexibility index (Phi) is 8.31. The topological polar surface area (TPSA) is 30.5 Å². The second-order valence-electron chi connectivity index (χ2n) is 5.27. The van der Waals surface area contributed by atoms with Gasteiger partial charge in [0, 0.05) is 25.3 Å². The van der Waals surface area contributed by atoms with Gasteiger partial charge in [-0.1, -0.05) is 32.0 Å². The Balaban J connectivity index is 2.85. The zero-order valence-electron chi connectivity index (χ0n) is 13.3. The molecule has 0 bridgehead atoms. The summed E-state index contributed by atoms with van der Waals surface area (Å²) in [6.45, 7) is 8.96. The summed E-state index contributed by atoms with van der Waals surface area (Å²) in [6, 6.07) is 8.66. The van der Waals surface area contributed by atoms with E-state index in [0.717, 1.165) is 31.7 Å². The van der Waals surface area contributed by atoms with E-state index in [2.05, 4.69) is 37.4 Å². The van der Waals surface area contributed by atoms with E-state index in [9.17, 15) is 0 Å². The molecule has 0 aliphatic rings. The molecule has 0 fully saturated rings. The zero-order chi connectivity index (χ0) is 14.8. The fraction of sp³-hybridized carbons (Fsp3) is 0.647. The molecule has 114 valence electrons. The molecule has 0 aliphatic carbocycles. The lowest BCUT2D eigenvalue weighted by Gasteiger charge is -2.24. The van der Waals surface area contributed by atoms with Crippen LogP contribution in [-0.4, -0.2) is 26.9 Å². The highest BCUT2D eigenvalue weighted by Crippen LogP contribution is 2.29. The lowest BCUT2D eigenvalue weighted by atomic mass is 9.95. The highest BCUT2D eigenvalue weighted by atomic mass is 16.5. The van der Waals surface area contributed by atoms with Crippen molar-refractivity contribution in [3.63, 3.8) is 0 Å². The summed E-state index contributed by atoms with van der Waals surface area (Å²) < 4.78 is 11.0. The molecule has 0 aliphatic heterocycles. The van der Waals surface area contributed by atoms with Crippen molar-refractivity contribution >= 4 is 0 Å². The van der Waals surface area contributed by atoms with Crippen molar-refractivity contribution in [3.8, 4) is 5.75 Å². The molecular weight excluding hydrogens is 250 g/mol. The first kappa shape index (κ1) is 17.0. The van der Waals surface area contributed by atoms with Gasteiger partial charge in [0.1, 0.15) is 5.75 Å². The molecule has 3 heteroatoms. The summed E-state index contributed by atoms with van der Waals surface area (Å²) in [4.78, 5) is 0. The van der Waals surface area contributed by atoms with E-state index in [4.69, 9.17) is 9.47 Å². The first-order valence-electron chi connectivity index (χ1n) is 7.66. The Morgan fingerprint density at radius 2 is 1.95 bits per heavy atom. The van der Waals surface area contributed by atoms with Gasteiger partial charge in [0.2, 0.25) is 0 Å². The number of hydrogen-bond donors (Lipinski definition) is 1. The van der Waals surface area contributed by atoms with E-state index in [1.165, 1.54) is 5.56 Å². The number of methoxy groups -OCH3 is 1. The fourth-order valence-electron chi connectivity index (χ4n) is 2.45. The molecular formula is C17H29NO2. The summed E-state index contributed by atoms with van der Waals surface area (Å²) in [5, 5.41) is 3.64.